The highest BCUT2D eigenvalue weighted by molar-refractivity contribution is 8.06. The Balaban J connectivity index is 1.63. The first-order valence-electron chi connectivity index (χ1n) is 13.8. The van der Waals surface area contributed by atoms with Gasteiger partial charge < -0.3 is 10.2 Å². The van der Waals surface area contributed by atoms with Crippen molar-refractivity contribution in [3.63, 3.8) is 0 Å². The third kappa shape index (κ3) is 5.44. The minimum absolute atomic E-state index is 0.151. The van der Waals surface area contributed by atoms with Crippen molar-refractivity contribution in [1.82, 2.24) is 10.2 Å². The summed E-state index contributed by atoms with van der Waals surface area (Å²) in [6, 6.07) is 10.1. The smallest absolute Gasteiger partial charge is 0.204 e. The third-order valence-electron chi connectivity index (χ3n) is 7.84. The fraction of sp³-hybridized carbons (Fsp3) is 0.257. The third-order valence-corrected chi connectivity index (χ3v) is 8.97. The van der Waals surface area contributed by atoms with Gasteiger partial charge in [-0.05, 0) is 71.3 Å². The standard InChI is InChI=1S/C35H38N4S/c1-24(28-14-8-7-9-15-28)19-20-32-26(3)31-17-12-13-21-35(31,5)39(32)34-37-27(4)30-16-10-11-18-33(30)40-25(2)22-29(38-34)23-36-6/h7-10,12-17,19-20,23,29H,1-2,4,11,18,21-22H2,3,5-6H3,(H,37,38)/b20-19-,36-23?/t29?,35-/m1/s1. The Hall–Kier alpha value is -3.83. The van der Waals surface area contributed by atoms with Crippen LogP contribution in [0.15, 0.2) is 141 Å². The predicted octanol–water partition coefficient (Wildman–Crippen LogP) is 8.27. The van der Waals surface area contributed by atoms with Crippen molar-refractivity contribution in [3.05, 3.63) is 136 Å². The molecule has 1 aromatic rings. The lowest BCUT2D eigenvalue weighted by molar-refractivity contribution is 0.309. The molecule has 2 heterocycles. The molecular formula is C35H38N4S. The van der Waals surface area contributed by atoms with Gasteiger partial charge in [0.2, 0.25) is 5.96 Å². The number of hydrogen-bond donors (Lipinski definition) is 1. The minimum atomic E-state index is -0.303. The second-order valence-electron chi connectivity index (χ2n) is 10.7. The zero-order chi connectivity index (χ0) is 28.3. The summed E-state index contributed by atoms with van der Waals surface area (Å²) in [5.74, 6) is 0.769. The van der Waals surface area contributed by atoms with Crippen LogP contribution in [0.5, 0.6) is 0 Å². The molecule has 2 aliphatic carbocycles. The molecule has 0 radical (unpaired) electrons. The van der Waals surface area contributed by atoms with Crippen molar-refractivity contribution < 1.29 is 0 Å². The highest BCUT2D eigenvalue weighted by Crippen LogP contribution is 2.47. The monoisotopic (exact) mass is 546 g/mol. The summed E-state index contributed by atoms with van der Waals surface area (Å²) in [7, 11) is 1.81. The summed E-state index contributed by atoms with van der Waals surface area (Å²) in [5, 5.41) is 3.68. The van der Waals surface area contributed by atoms with Gasteiger partial charge in [0.15, 0.2) is 0 Å². The summed E-state index contributed by atoms with van der Waals surface area (Å²) in [5.41, 5.74) is 7.37. The maximum Gasteiger partial charge on any atom is 0.204 e. The van der Waals surface area contributed by atoms with E-state index in [1.54, 1.807) is 18.8 Å². The number of aliphatic imine (C=N–C) groups is 2. The molecule has 5 rings (SSSR count). The van der Waals surface area contributed by atoms with Crippen LogP contribution in [0.1, 0.15) is 45.1 Å². The quantitative estimate of drug-likeness (QED) is 0.305. The lowest BCUT2D eigenvalue weighted by atomic mass is 9.83. The molecule has 5 heteroatoms. The Morgan fingerprint density at radius 1 is 1.23 bits per heavy atom. The van der Waals surface area contributed by atoms with Crippen LogP contribution < -0.4 is 5.32 Å². The number of thioether (sulfide) groups is 1. The number of nitrogens with one attached hydrogen (secondary N) is 1. The molecule has 0 saturated heterocycles. The van der Waals surface area contributed by atoms with Crippen molar-refractivity contribution in [3.8, 4) is 0 Å². The van der Waals surface area contributed by atoms with Gasteiger partial charge in [-0.15, -0.1) is 0 Å². The van der Waals surface area contributed by atoms with Crippen molar-refractivity contribution in [1.29, 1.82) is 0 Å². The Bertz CT molecular complexity index is 1480. The van der Waals surface area contributed by atoms with E-state index in [-0.39, 0.29) is 11.6 Å². The number of benzene rings is 1. The van der Waals surface area contributed by atoms with E-state index in [4.69, 9.17) is 4.99 Å². The molecule has 204 valence electrons. The fourth-order valence-electron chi connectivity index (χ4n) is 5.82. The van der Waals surface area contributed by atoms with Gasteiger partial charge in [0.1, 0.15) is 0 Å². The first-order chi connectivity index (χ1) is 19.3. The number of fused-ring (bicyclic) bond motifs is 1. The highest BCUT2D eigenvalue weighted by Gasteiger charge is 2.46. The van der Waals surface area contributed by atoms with Gasteiger partial charge in [-0.2, -0.15) is 0 Å². The van der Waals surface area contributed by atoms with Crippen LogP contribution in [0.3, 0.4) is 0 Å². The Morgan fingerprint density at radius 3 is 2.80 bits per heavy atom. The Kier molecular flexibility index (Phi) is 8.13. The van der Waals surface area contributed by atoms with Crippen LogP contribution in [0.25, 0.3) is 5.57 Å². The van der Waals surface area contributed by atoms with E-state index in [1.807, 2.05) is 24.4 Å². The van der Waals surface area contributed by atoms with Gasteiger partial charge >= 0.3 is 0 Å². The average Bonchev–Trinajstić information content (AvgIpc) is 3.17. The number of rotatable bonds is 4. The van der Waals surface area contributed by atoms with Gasteiger partial charge in [-0.3, -0.25) is 4.99 Å². The van der Waals surface area contributed by atoms with Crippen LogP contribution in [-0.4, -0.2) is 35.7 Å². The molecule has 0 saturated carbocycles. The Labute approximate surface area is 243 Å². The second kappa shape index (κ2) is 11.7. The van der Waals surface area contributed by atoms with E-state index in [0.29, 0.717) is 6.42 Å². The van der Waals surface area contributed by atoms with Crippen molar-refractivity contribution in [2.75, 3.05) is 7.05 Å². The molecule has 40 heavy (non-hydrogen) atoms. The largest absolute Gasteiger partial charge is 0.326 e. The van der Waals surface area contributed by atoms with E-state index in [2.05, 4.69) is 103 Å². The van der Waals surface area contributed by atoms with Crippen LogP contribution in [0, 0.1) is 0 Å². The normalized spacial score (nSPS) is 25.3. The van der Waals surface area contributed by atoms with Crippen LogP contribution in [0.2, 0.25) is 0 Å². The molecule has 2 atom stereocenters. The fourth-order valence-corrected chi connectivity index (χ4v) is 6.94. The van der Waals surface area contributed by atoms with Crippen LogP contribution >= 0.6 is 11.8 Å². The number of allylic oxidation sites excluding steroid dienone is 8. The van der Waals surface area contributed by atoms with E-state index in [1.165, 1.54) is 16.1 Å². The van der Waals surface area contributed by atoms with Gasteiger partial charge in [-0.25, -0.2) is 4.99 Å². The molecule has 0 bridgehead atoms. The number of guanidine groups is 1. The SMILES string of the molecule is C=C1CC(C=NC)N=C(N2C(/C=C\C(=C)c3ccccc3)=C(C)C3=CC=CC[C@]32C)NC(=C)C2=C(CCC=C2)S1. The molecule has 0 fully saturated rings. The lowest BCUT2D eigenvalue weighted by Gasteiger charge is -2.41. The van der Waals surface area contributed by atoms with Crippen molar-refractivity contribution in [2.24, 2.45) is 9.98 Å². The molecule has 0 aromatic heterocycles. The first kappa shape index (κ1) is 27.7. The topological polar surface area (TPSA) is 40.0 Å². The minimum Gasteiger partial charge on any atom is -0.326 e. The van der Waals surface area contributed by atoms with Gasteiger partial charge in [-0.1, -0.05) is 98.3 Å². The zero-order valence-electron chi connectivity index (χ0n) is 23.8. The molecule has 4 nitrogen and oxygen atoms in total. The maximum absolute atomic E-state index is 5.31. The highest BCUT2D eigenvalue weighted by atomic mass is 32.2. The predicted molar refractivity (Wildman–Crippen MR) is 174 cm³/mol. The number of nitrogens with zero attached hydrogens (tertiary/aromatic N) is 3. The molecule has 0 spiro atoms. The van der Waals surface area contributed by atoms with Gasteiger partial charge in [0.05, 0.1) is 11.6 Å². The summed E-state index contributed by atoms with van der Waals surface area (Å²) in [4.78, 5) is 14.4. The van der Waals surface area contributed by atoms with Crippen LogP contribution in [0.4, 0.5) is 0 Å². The molecule has 2 aliphatic heterocycles. The summed E-state index contributed by atoms with van der Waals surface area (Å²) >= 11 is 1.76. The Morgan fingerprint density at radius 2 is 2.02 bits per heavy atom. The second-order valence-corrected chi connectivity index (χ2v) is 12.0. The summed E-state index contributed by atoms with van der Waals surface area (Å²) < 4.78 is 0. The maximum atomic E-state index is 5.31. The lowest BCUT2D eigenvalue weighted by Crippen LogP contribution is -2.52. The van der Waals surface area contributed by atoms with Gasteiger partial charge in [0.25, 0.3) is 0 Å². The van der Waals surface area contributed by atoms with E-state index < -0.39 is 0 Å². The van der Waals surface area contributed by atoms with Crippen molar-refractivity contribution in [2.45, 2.75) is 51.1 Å². The van der Waals surface area contributed by atoms with Crippen LogP contribution in [-0.2, 0) is 0 Å². The van der Waals surface area contributed by atoms with E-state index in [9.17, 15) is 0 Å². The van der Waals surface area contributed by atoms with Crippen molar-refractivity contribution >= 4 is 29.5 Å². The van der Waals surface area contributed by atoms with Gasteiger partial charge in [0, 0.05) is 36.7 Å². The molecular weight excluding hydrogens is 508 g/mol. The zero-order valence-corrected chi connectivity index (χ0v) is 24.6. The molecule has 0 amide bonds. The molecule has 1 N–H and O–H groups in total. The van der Waals surface area contributed by atoms with E-state index >= 15 is 0 Å². The summed E-state index contributed by atoms with van der Waals surface area (Å²) in [6.07, 6.45) is 20.9. The summed E-state index contributed by atoms with van der Waals surface area (Å²) in [6.45, 7) is 17.8. The molecule has 4 aliphatic rings. The first-order valence-corrected chi connectivity index (χ1v) is 14.7. The van der Waals surface area contributed by atoms with E-state index in [0.717, 1.165) is 58.2 Å². The molecule has 1 unspecified atom stereocenters. The number of hydrogen-bond acceptors (Lipinski definition) is 5. The molecule has 1 aromatic carbocycles. The average molecular weight is 547 g/mol.